The Balaban J connectivity index is 1.69. The summed E-state index contributed by atoms with van der Waals surface area (Å²) in [6.07, 6.45) is 3.45. The minimum absolute atomic E-state index is 0.0569. The molecular formula is C17H25N3O. The molecule has 1 aromatic rings. The van der Waals surface area contributed by atoms with E-state index in [4.69, 9.17) is 0 Å². The van der Waals surface area contributed by atoms with E-state index in [2.05, 4.69) is 34.2 Å². The molecule has 21 heavy (non-hydrogen) atoms. The number of rotatable bonds is 4. The number of hydrogen-bond donors (Lipinski definition) is 1. The highest BCUT2D eigenvalue weighted by atomic mass is 16.2. The summed E-state index contributed by atoms with van der Waals surface area (Å²) < 4.78 is 0. The quantitative estimate of drug-likeness (QED) is 0.920. The normalized spacial score (nSPS) is 24.7. The molecule has 0 spiro atoms. The Morgan fingerprint density at radius 2 is 1.90 bits per heavy atom. The molecule has 0 radical (unpaired) electrons. The van der Waals surface area contributed by atoms with Crippen LogP contribution in [0.1, 0.15) is 37.9 Å². The first-order valence-electron chi connectivity index (χ1n) is 8.11. The molecule has 1 amide bonds. The summed E-state index contributed by atoms with van der Waals surface area (Å²) >= 11 is 0. The van der Waals surface area contributed by atoms with E-state index in [1.807, 2.05) is 18.2 Å². The van der Waals surface area contributed by atoms with Crippen molar-refractivity contribution in [2.45, 2.75) is 38.4 Å². The lowest BCUT2D eigenvalue weighted by atomic mass is 10.0. The van der Waals surface area contributed by atoms with Crippen LogP contribution in [0.2, 0.25) is 0 Å². The van der Waals surface area contributed by atoms with Crippen LogP contribution in [-0.4, -0.2) is 47.9 Å². The van der Waals surface area contributed by atoms with Crippen molar-refractivity contribution in [1.29, 1.82) is 0 Å². The first kappa shape index (κ1) is 14.5. The second-order valence-corrected chi connectivity index (χ2v) is 6.07. The van der Waals surface area contributed by atoms with Crippen LogP contribution in [0.25, 0.3) is 0 Å². The largest absolute Gasteiger partial charge is 0.319 e. The average molecular weight is 287 g/mol. The number of hydrogen-bond acceptors (Lipinski definition) is 3. The van der Waals surface area contributed by atoms with Crippen molar-refractivity contribution in [3.63, 3.8) is 0 Å². The van der Waals surface area contributed by atoms with Crippen molar-refractivity contribution in [3.8, 4) is 0 Å². The van der Waals surface area contributed by atoms with Crippen LogP contribution in [0, 0.1) is 0 Å². The Morgan fingerprint density at radius 3 is 2.57 bits per heavy atom. The molecule has 4 heteroatoms. The molecule has 2 heterocycles. The molecule has 1 unspecified atom stereocenters. The van der Waals surface area contributed by atoms with E-state index in [-0.39, 0.29) is 12.1 Å². The van der Waals surface area contributed by atoms with Crippen LogP contribution in [0.4, 0.5) is 0 Å². The summed E-state index contributed by atoms with van der Waals surface area (Å²) in [4.78, 5) is 16.9. The van der Waals surface area contributed by atoms with Crippen LogP contribution in [0.15, 0.2) is 30.3 Å². The molecule has 2 aliphatic rings. The highest BCUT2D eigenvalue weighted by molar-refractivity contribution is 5.81. The third kappa shape index (κ3) is 3.11. The van der Waals surface area contributed by atoms with Gasteiger partial charge in [-0.15, -0.1) is 0 Å². The maximum absolute atomic E-state index is 12.3. The van der Waals surface area contributed by atoms with Crippen molar-refractivity contribution in [2.24, 2.45) is 0 Å². The van der Waals surface area contributed by atoms with E-state index in [1.54, 1.807) is 0 Å². The van der Waals surface area contributed by atoms with E-state index in [1.165, 1.54) is 18.5 Å². The van der Waals surface area contributed by atoms with Gasteiger partial charge in [-0.3, -0.25) is 10.1 Å². The predicted octanol–water partition coefficient (Wildman–Crippen LogP) is 1.99. The van der Waals surface area contributed by atoms with Gasteiger partial charge in [0, 0.05) is 19.1 Å². The number of carbonyl (C=O) groups excluding carboxylic acids is 1. The molecule has 114 valence electrons. The lowest BCUT2D eigenvalue weighted by Gasteiger charge is -2.39. The minimum Gasteiger partial charge on any atom is -0.319 e. The van der Waals surface area contributed by atoms with Gasteiger partial charge in [0.1, 0.15) is 6.17 Å². The van der Waals surface area contributed by atoms with Gasteiger partial charge in [0.15, 0.2) is 0 Å². The van der Waals surface area contributed by atoms with Gasteiger partial charge in [0.2, 0.25) is 5.91 Å². The molecule has 0 aromatic heterocycles. The second kappa shape index (κ2) is 6.58. The summed E-state index contributed by atoms with van der Waals surface area (Å²) in [5.41, 5.74) is 1.19. The van der Waals surface area contributed by atoms with E-state index >= 15 is 0 Å². The van der Waals surface area contributed by atoms with Crippen molar-refractivity contribution < 1.29 is 4.79 Å². The molecule has 1 N–H and O–H groups in total. The van der Waals surface area contributed by atoms with Gasteiger partial charge in [0.25, 0.3) is 0 Å². The standard InChI is InChI=1S/C17H25N3O/c1-2-10-19-11-8-15(9-12-19)20-16(21)13-18-17(20)14-6-4-3-5-7-14/h3-7,15,17-18H,2,8-13H2,1H3. The van der Waals surface area contributed by atoms with Gasteiger partial charge in [-0.2, -0.15) is 0 Å². The zero-order valence-corrected chi connectivity index (χ0v) is 12.8. The highest BCUT2D eigenvalue weighted by Gasteiger charge is 2.37. The fourth-order valence-electron chi connectivity index (χ4n) is 3.58. The minimum atomic E-state index is 0.0569. The van der Waals surface area contributed by atoms with Crippen LogP contribution < -0.4 is 5.32 Å². The molecule has 0 bridgehead atoms. The topological polar surface area (TPSA) is 35.6 Å². The molecule has 2 saturated heterocycles. The molecule has 0 saturated carbocycles. The number of benzene rings is 1. The van der Waals surface area contributed by atoms with Gasteiger partial charge >= 0.3 is 0 Å². The van der Waals surface area contributed by atoms with Gasteiger partial charge in [0.05, 0.1) is 6.54 Å². The van der Waals surface area contributed by atoms with E-state index in [9.17, 15) is 4.79 Å². The Kier molecular flexibility index (Phi) is 4.56. The van der Waals surface area contributed by atoms with Crippen molar-refractivity contribution in [3.05, 3.63) is 35.9 Å². The lowest BCUT2D eigenvalue weighted by Crippen LogP contribution is -2.47. The molecule has 4 nitrogen and oxygen atoms in total. The number of amides is 1. The van der Waals surface area contributed by atoms with Gasteiger partial charge < -0.3 is 9.80 Å². The average Bonchev–Trinajstić information content (AvgIpc) is 2.91. The zero-order chi connectivity index (χ0) is 14.7. The van der Waals surface area contributed by atoms with Crippen molar-refractivity contribution >= 4 is 5.91 Å². The number of carbonyl (C=O) groups is 1. The van der Waals surface area contributed by atoms with Crippen molar-refractivity contribution in [1.82, 2.24) is 15.1 Å². The zero-order valence-electron chi connectivity index (χ0n) is 12.8. The molecule has 2 fully saturated rings. The van der Waals surface area contributed by atoms with Crippen LogP contribution in [-0.2, 0) is 4.79 Å². The SMILES string of the molecule is CCCN1CCC(N2C(=O)CNC2c2ccccc2)CC1. The van der Waals surface area contributed by atoms with Crippen LogP contribution >= 0.6 is 0 Å². The summed E-state index contributed by atoms with van der Waals surface area (Å²) in [6, 6.07) is 10.7. The fraction of sp³-hybridized carbons (Fsp3) is 0.588. The highest BCUT2D eigenvalue weighted by Crippen LogP contribution is 2.29. The van der Waals surface area contributed by atoms with Gasteiger partial charge in [-0.25, -0.2) is 0 Å². The molecular weight excluding hydrogens is 262 g/mol. The first-order valence-corrected chi connectivity index (χ1v) is 8.11. The Hall–Kier alpha value is -1.39. The maximum Gasteiger partial charge on any atom is 0.238 e. The maximum atomic E-state index is 12.3. The van der Waals surface area contributed by atoms with E-state index < -0.39 is 0 Å². The number of nitrogens with one attached hydrogen (secondary N) is 1. The number of nitrogens with zero attached hydrogens (tertiary/aromatic N) is 2. The summed E-state index contributed by atoms with van der Waals surface area (Å²) in [6.45, 7) is 6.11. The van der Waals surface area contributed by atoms with E-state index in [0.717, 1.165) is 25.9 Å². The summed E-state index contributed by atoms with van der Waals surface area (Å²) in [5, 5.41) is 3.37. The van der Waals surface area contributed by atoms with Crippen molar-refractivity contribution in [2.75, 3.05) is 26.2 Å². The number of likely N-dealkylation sites (tertiary alicyclic amines) is 1. The lowest BCUT2D eigenvalue weighted by molar-refractivity contribution is -0.131. The Labute approximate surface area is 127 Å². The predicted molar refractivity (Wildman–Crippen MR) is 83.8 cm³/mol. The van der Waals surface area contributed by atoms with Gasteiger partial charge in [-0.1, -0.05) is 37.3 Å². The van der Waals surface area contributed by atoms with Crippen LogP contribution in [0.3, 0.4) is 0 Å². The molecule has 2 aliphatic heterocycles. The molecule has 0 aliphatic carbocycles. The summed E-state index contributed by atoms with van der Waals surface area (Å²) in [5.74, 6) is 0.248. The summed E-state index contributed by atoms with van der Waals surface area (Å²) in [7, 11) is 0. The Morgan fingerprint density at radius 1 is 1.19 bits per heavy atom. The third-order valence-electron chi connectivity index (χ3n) is 4.62. The van der Waals surface area contributed by atoms with Crippen LogP contribution in [0.5, 0.6) is 0 Å². The first-order chi connectivity index (χ1) is 10.3. The molecule has 3 rings (SSSR count). The number of piperidine rings is 1. The Bertz CT molecular complexity index is 468. The fourth-order valence-corrected chi connectivity index (χ4v) is 3.58. The monoisotopic (exact) mass is 287 g/mol. The smallest absolute Gasteiger partial charge is 0.238 e. The molecule has 1 aromatic carbocycles. The third-order valence-corrected chi connectivity index (χ3v) is 4.62. The van der Waals surface area contributed by atoms with Gasteiger partial charge in [-0.05, 0) is 31.4 Å². The van der Waals surface area contributed by atoms with E-state index in [0.29, 0.717) is 12.6 Å². The second-order valence-electron chi connectivity index (χ2n) is 6.07. The molecule has 1 atom stereocenters.